The average Bonchev–Trinajstić information content (AvgIpc) is 3.65. The zero-order valence-electron chi connectivity index (χ0n) is 33.9. The number of cyclic esters (lactones) is 2. The quantitative estimate of drug-likeness (QED) is 0.100. The van der Waals surface area contributed by atoms with Gasteiger partial charge in [0.25, 0.3) is 5.56 Å². The second-order valence-corrected chi connectivity index (χ2v) is 16.2. The van der Waals surface area contributed by atoms with Gasteiger partial charge in [0.05, 0.1) is 29.0 Å². The summed E-state index contributed by atoms with van der Waals surface area (Å²) < 4.78 is 28.5. The first kappa shape index (κ1) is 40.9. The van der Waals surface area contributed by atoms with Crippen molar-refractivity contribution in [3.63, 3.8) is 0 Å². The number of anilines is 1. The van der Waals surface area contributed by atoms with E-state index in [0.29, 0.717) is 34.6 Å². The van der Waals surface area contributed by atoms with Gasteiger partial charge in [-0.2, -0.15) is 0 Å². The first-order valence-corrected chi connectivity index (χ1v) is 19.4. The molecule has 310 valence electrons. The van der Waals surface area contributed by atoms with Crippen molar-refractivity contribution in [2.45, 2.75) is 117 Å². The van der Waals surface area contributed by atoms with Crippen LogP contribution in [0.15, 0.2) is 53.3 Å². The number of benzene rings is 2. The van der Waals surface area contributed by atoms with Gasteiger partial charge in [-0.15, -0.1) is 0 Å². The summed E-state index contributed by atoms with van der Waals surface area (Å²) in [4.78, 5) is 83.4. The molecule has 5 heterocycles. The van der Waals surface area contributed by atoms with Gasteiger partial charge >= 0.3 is 24.2 Å². The summed E-state index contributed by atoms with van der Waals surface area (Å²) in [6.45, 7) is 11.9. The van der Waals surface area contributed by atoms with E-state index in [1.807, 2.05) is 6.92 Å². The second-order valence-electron chi connectivity index (χ2n) is 16.2. The summed E-state index contributed by atoms with van der Waals surface area (Å²) in [6, 6.07) is 12.3. The number of esters is 2. The van der Waals surface area contributed by atoms with Crippen LogP contribution in [0.5, 0.6) is 5.75 Å². The van der Waals surface area contributed by atoms with Gasteiger partial charge in [0.1, 0.15) is 30.6 Å². The molecule has 2 amide bonds. The highest BCUT2D eigenvalue weighted by atomic mass is 16.7. The number of aromatic nitrogens is 2. The number of carbonyl (C=O) groups excluding carboxylic acids is 5. The van der Waals surface area contributed by atoms with E-state index in [1.165, 1.54) is 4.90 Å². The first-order chi connectivity index (χ1) is 27.8. The van der Waals surface area contributed by atoms with Crippen LogP contribution < -0.4 is 15.6 Å². The van der Waals surface area contributed by atoms with Crippen LogP contribution >= 0.6 is 0 Å². The van der Waals surface area contributed by atoms with Gasteiger partial charge in [-0.3, -0.25) is 14.5 Å². The molecule has 16 nitrogen and oxygen atoms in total. The summed E-state index contributed by atoms with van der Waals surface area (Å²) in [5.41, 5.74) is 0.692. The Morgan fingerprint density at radius 2 is 1.75 bits per heavy atom. The maximum Gasteiger partial charge on any atom is 0.514 e. The molecule has 7 rings (SSSR count). The number of amides is 2. The molecule has 0 aliphatic carbocycles. The van der Waals surface area contributed by atoms with Gasteiger partial charge in [0.2, 0.25) is 5.91 Å². The summed E-state index contributed by atoms with van der Waals surface area (Å²) >= 11 is 0. The molecule has 1 fully saturated rings. The molecule has 3 aliphatic heterocycles. The van der Waals surface area contributed by atoms with Crippen LogP contribution in [0.1, 0.15) is 95.5 Å². The van der Waals surface area contributed by atoms with Crippen LogP contribution in [-0.2, 0) is 65.1 Å². The maximum absolute atomic E-state index is 13.6. The lowest BCUT2D eigenvalue weighted by Gasteiger charge is -2.33. The van der Waals surface area contributed by atoms with Crippen molar-refractivity contribution in [2.75, 3.05) is 5.32 Å². The number of pyridine rings is 2. The van der Waals surface area contributed by atoms with E-state index >= 15 is 0 Å². The van der Waals surface area contributed by atoms with Crippen molar-refractivity contribution in [1.82, 2.24) is 14.5 Å². The highest BCUT2D eigenvalue weighted by Gasteiger charge is 2.52. The largest absolute Gasteiger partial charge is 0.514 e. The van der Waals surface area contributed by atoms with Gasteiger partial charge in [0, 0.05) is 28.6 Å². The topological polar surface area (TPSA) is 202 Å². The maximum atomic E-state index is 13.6. The molecule has 3 aliphatic rings. The molecule has 1 unspecified atom stereocenters. The van der Waals surface area contributed by atoms with Gasteiger partial charge < -0.3 is 38.7 Å². The lowest BCUT2D eigenvalue weighted by molar-refractivity contribution is -0.172. The van der Waals surface area contributed by atoms with Crippen LogP contribution in [0.3, 0.4) is 0 Å². The van der Waals surface area contributed by atoms with Crippen LogP contribution in [-0.4, -0.2) is 67.0 Å². The predicted octanol–water partition coefficient (Wildman–Crippen LogP) is 5.97. The highest BCUT2D eigenvalue weighted by molar-refractivity contribution is 5.92. The Hall–Kier alpha value is -6.29. The third-order valence-electron chi connectivity index (χ3n) is 10.7. The van der Waals surface area contributed by atoms with Gasteiger partial charge in [-0.1, -0.05) is 26.0 Å². The lowest BCUT2D eigenvalue weighted by Crippen LogP contribution is -2.50. The molecule has 0 spiro atoms. The van der Waals surface area contributed by atoms with Gasteiger partial charge in [-0.25, -0.2) is 24.2 Å². The Morgan fingerprint density at radius 3 is 2.42 bits per heavy atom. The predicted molar refractivity (Wildman–Crippen MR) is 211 cm³/mol. The Morgan fingerprint density at radius 1 is 1.02 bits per heavy atom. The average molecular weight is 811 g/mol. The fraction of sp³-hybridized carbons (Fsp3) is 0.419. The molecule has 2 aromatic heterocycles. The SMILES string of the molecule is CCc1c2c(nc3ccc(OC(=O)OCc4ccc(NC(=O)CCC5C(=O)OC(C)(C)N5C(=O)OC(C)(C)C)cc4)cc13)-c1cc3c(c(=O)n1C2)COC(=O)[C@]3(O)CC. The van der Waals surface area contributed by atoms with E-state index < -0.39 is 47.2 Å². The Bertz CT molecular complexity index is 2470. The van der Waals surface area contributed by atoms with Crippen LogP contribution in [0.2, 0.25) is 0 Å². The molecular formula is C43H46N4O12. The molecule has 2 atom stereocenters. The Kier molecular flexibility index (Phi) is 10.5. The van der Waals surface area contributed by atoms with Gasteiger partial charge in [0.15, 0.2) is 11.3 Å². The van der Waals surface area contributed by atoms with Gasteiger partial charge in [-0.05, 0) is 101 Å². The Balaban J connectivity index is 0.967. The van der Waals surface area contributed by atoms with Crippen molar-refractivity contribution >= 4 is 46.7 Å². The summed E-state index contributed by atoms with van der Waals surface area (Å²) in [6.07, 6.45) is -1.07. The zero-order chi connectivity index (χ0) is 42.6. The summed E-state index contributed by atoms with van der Waals surface area (Å²) in [5, 5.41) is 14.7. The summed E-state index contributed by atoms with van der Waals surface area (Å²) in [7, 11) is 0. The number of hydrogen-bond donors (Lipinski definition) is 2. The number of aryl methyl sites for hydroxylation is 1. The number of aliphatic hydroxyl groups is 1. The van der Waals surface area contributed by atoms with E-state index in [4.69, 9.17) is 28.7 Å². The molecule has 0 saturated carbocycles. The zero-order valence-corrected chi connectivity index (χ0v) is 33.9. The van der Waals surface area contributed by atoms with Crippen molar-refractivity contribution in [2.24, 2.45) is 0 Å². The number of ether oxygens (including phenoxy) is 5. The van der Waals surface area contributed by atoms with E-state index in [2.05, 4.69) is 5.32 Å². The van der Waals surface area contributed by atoms with Crippen molar-refractivity contribution in [1.29, 1.82) is 0 Å². The third kappa shape index (κ3) is 7.71. The lowest BCUT2D eigenvalue weighted by atomic mass is 9.86. The molecule has 16 heteroatoms. The smallest absolute Gasteiger partial charge is 0.458 e. The number of hydrogen-bond acceptors (Lipinski definition) is 13. The molecule has 0 bridgehead atoms. The van der Waals surface area contributed by atoms with Crippen molar-refractivity contribution in [3.8, 4) is 17.1 Å². The normalized spacial score (nSPS) is 19.0. The number of nitrogens with zero attached hydrogens (tertiary/aromatic N) is 3. The van der Waals surface area contributed by atoms with E-state index in [-0.39, 0.29) is 67.4 Å². The number of fused-ring (bicyclic) bond motifs is 5. The second kappa shape index (κ2) is 15.1. The van der Waals surface area contributed by atoms with E-state index in [0.717, 1.165) is 16.5 Å². The third-order valence-corrected chi connectivity index (χ3v) is 10.7. The number of nitrogens with one attached hydrogen (secondary N) is 1. The molecule has 2 N–H and O–H groups in total. The Labute approximate surface area is 339 Å². The van der Waals surface area contributed by atoms with Crippen LogP contribution in [0.4, 0.5) is 15.3 Å². The highest BCUT2D eigenvalue weighted by Crippen LogP contribution is 2.41. The fourth-order valence-electron chi connectivity index (χ4n) is 7.80. The number of rotatable bonds is 9. The molecule has 2 aromatic carbocycles. The minimum Gasteiger partial charge on any atom is -0.458 e. The molecule has 59 heavy (non-hydrogen) atoms. The number of carbonyl (C=O) groups is 5. The monoisotopic (exact) mass is 810 g/mol. The van der Waals surface area contributed by atoms with Crippen molar-refractivity contribution in [3.05, 3.63) is 86.7 Å². The minimum absolute atomic E-state index is 0.0273. The molecule has 4 aromatic rings. The fourth-order valence-corrected chi connectivity index (χ4v) is 7.80. The molecule has 0 radical (unpaired) electrons. The van der Waals surface area contributed by atoms with E-state index in [9.17, 15) is 33.9 Å². The first-order valence-electron chi connectivity index (χ1n) is 19.4. The summed E-state index contributed by atoms with van der Waals surface area (Å²) in [5.74, 6) is -1.55. The minimum atomic E-state index is -1.93. The molecular weight excluding hydrogens is 764 g/mol. The van der Waals surface area contributed by atoms with E-state index in [1.54, 1.807) is 94.6 Å². The standard InChI is InChI=1S/C43H46N4O12/c1-8-26-27-18-25(14-15-31(27)45-35-28(26)20-46-33(35)19-30-29(36(46)49)22-55-38(51)43(30,54)9-2)57-40(53)56-21-23-10-12-24(13-11-23)44-34(48)17-16-32-37(50)58-42(6,7)47(32)39(52)59-41(3,4)5/h10-15,18-19,32,54H,8-9,16-17,20-22H2,1-7H3,(H,44,48)/t32?,43-/m0/s1. The van der Waals surface area contributed by atoms with Crippen molar-refractivity contribution < 1.29 is 52.8 Å². The molecule has 1 saturated heterocycles. The van der Waals surface area contributed by atoms with Crippen LogP contribution in [0.25, 0.3) is 22.3 Å². The van der Waals surface area contributed by atoms with Crippen LogP contribution in [0, 0.1) is 0 Å².